The van der Waals surface area contributed by atoms with Crippen LogP contribution in [0, 0.1) is 13.8 Å². The van der Waals surface area contributed by atoms with Gasteiger partial charge in [-0.05, 0) is 37.6 Å². The first-order valence-corrected chi connectivity index (χ1v) is 9.40. The molecular formula is C23H21N5O. The maximum Gasteiger partial charge on any atom is 0.264 e. The van der Waals surface area contributed by atoms with Crippen molar-refractivity contribution < 1.29 is 0 Å². The molecule has 29 heavy (non-hydrogen) atoms. The maximum absolute atomic E-state index is 11.3. The van der Waals surface area contributed by atoms with Crippen molar-refractivity contribution in [1.29, 1.82) is 0 Å². The van der Waals surface area contributed by atoms with Gasteiger partial charge in [-0.1, -0.05) is 42.5 Å². The summed E-state index contributed by atoms with van der Waals surface area (Å²) in [5, 5.41) is 10.0. The first-order valence-electron chi connectivity index (χ1n) is 9.40. The van der Waals surface area contributed by atoms with Gasteiger partial charge < -0.3 is 5.32 Å². The SMILES string of the molecule is Cc1nc(C)c(Cc2ccccc2)c(Nc2cccc(-c3ccc(=O)[nH]n3)c2)n1. The molecule has 0 radical (unpaired) electrons. The van der Waals surface area contributed by atoms with Gasteiger partial charge in [0.05, 0.1) is 5.69 Å². The number of H-pyrrole nitrogens is 1. The average molecular weight is 383 g/mol. The quantitative estimate of drug-likeness (QED) is 0.540. The Bertz CT molecular complexity index is 1180. The Morgan fingerprint density at radius 1 is 0.931 bits per heavy atom. The van der Waals surface area contributed by atoms with Gasteiger partial charge in [0.1, 0.15) is 11.6 Å². The van der Waals surface area contributed by atoms with Crippen molar-refractivity contribution in [3.8, 4) is 11.3 Å². The molecule has 0 fully saturated rings. The van der Waals surface area contributed by atoms with Crippen molar-refractivity contribution in [2.45, 2.75) is 20.3 Å². The minimum Gasteiger partial charge on any atom is -0.340 e. The lowest BCUT2D eigenvalue weighted by Crippen LogP contribution is -2.07. The van der Waals surface area contributed by atoms with Crippen molar-refractivity contribution in [2.75, 3.05) is 5.32 Å². The molecule has 144 valence electrons. The average Bonchev–Trinajstić information content (AvgIpc) is 2.72. The first-order chi connectivity index (χ1) is 14.1. The van der Waals surface area contributed by atoms with Gasteiger partial charge in [0, 0.05) is 35.0 Å². The predicted octanol–water partition coefficient (Wildman–Crippen LogP) is 4.18. The van der Waals surface area contributed by atoms with Gasteiger partial charge in [0.2, 0.25) is 0 Å². The summed E-state index contributed by atoms with van der Waals surface area (Å²) in [6.07, 6.45) is 0.746. The number of anilines is 2. The summed E-state index contributed by atoms with van der Waals surface area (Å²) in [5.74, 6) is 1.52. The molecule has 0 amide bonds. The van der Waals surface area contributed by atoms with E-state index in [4.69, 9.17) is 0 Å². The maximum atomic E-state index is 11.3. The molecule has 0 unspecified atom stereocenters. The van der Waals surface area contributed by atoms with E-state index in [0.29, 0.717) is 5.69 Å². The van der Waals surface area contributed by atoms with Crippen molar-refractivity contribution in [1.82, 2.24) is 20.2 Å². The number of rotatable bonds is 5. The fourth-order valence-electron chi connectivity index (χ4n) is 3.25. The second-order valence-corrected chi connectivity index (χ2v) is 6.86. The standard InChI is InChI=1S/C23H21N5O/c1-15-20(13-17-7-4-3-5-8-17)23(25-16(2)24-15)26-19-10-6-9-18(14-19)21-11-12-22(29)28-27-21/h3-12,14H,13H2,1-2H3,(H,28,29)(H,24,25,26). The fraction of sp³-hybridized carbons (Fsp3) is 0.130. The summed E-state index contributed by atoms with van der Waals surface area (Å²) >= 11 is 0. The highest BCUT2D eigenvalue weighted by atomic mass is 16.1. The molecular weight excluding hydrogens is 362 g/mol. The van der Waals surface area contributed by atoms with Gasteiger partial charge in [0.15, 0.2) is 0 Å². The third-order valence-electron chi connectivity index (χ3n) is 4.65. The fourth-order valence-corrected chi connectivity index (χ4v) is 3.25. The van der Waals surface area contributed by atoms with E-state index in [-0.39, 0.29) is 5.56 Å². The molecule has 0 spiro atoms. The molecule has 6 heteroatoms. The highest BCUT2D eigenvalue weighted by Crippen LogP contribution is 2.26. The minimum atomic E-state index is -0.222. The summed E-state index contributed by atoms with van der Waals surface area (Å²) in [6.45, 7) is 3.91. The Labute approximate surface area is 168 Å². The normalized spacial score (nSPS) is 10.7. The summed E-state index contributed by atoms with van der Waals surface area (Å²) in [7, 11) is 0. The van der Waals surface area contributed by atoms with E-state index in [1.54, 1.807) is 6.07 Å². The minimum absolute atomic E-state index is 0.222. The summed E-state index contributed by atoms with van der Waals surface area (Å²) in [6, 6.07) is 21.3. The van der Waals surface area contributed by atoms with E-state index < -0.39 is 0 Å². The van der Waals surface area contributed by atoms with Crippen LogP contribution in [-0.4, -0.2) is 20.2 Å². The Morgan fingerprint density at radius 3 is 2.52 bits per heavy atom. The zero-order chi connectivity index (χ0) is 20.2. The highest BCUT2D eigenvalue weighted by molar-refractivity contribution is 5.68. The Balaban J connectivity index is 1.68. The molecule has 2 N–H and O–H groups in total. The number of aryl methyl sites for hydroxylation is 2. The number of hydrogen-bond donors (Lipinski definition) is 2. The number of aromatic nitrogens is 4. The van der Waals surface area contributed by atoms with Crippen LogP contribution in [0.4, 0.5) is 11.5 Å². The van der Waals surface area contributed by atoms with E-state index in [1.807, 2.05) is 56.3 Å². The third kappa shape index (κ3) is 4.38. The van der Waals surface area contributed by atoms with Crippen molar-refractivity contribution in [3.05, 3.63) is 99.7 Å². The van der Waals surface area contributed by atoms with Crippen LogP contribution in [0.5, 0.6) is 0 Å². The second-order valence-electron chi connectivity index (χ2n) is 6.86. The Morgan fingerprint density at radius 2 is 1.76 bits per heavy atom. The van der Waals surface area contributed by atoms with E-state index >= 15 is 0 Å². The number of hydrogen-bond acceptors (Lipinski definition) is 5. The zero-order valence-electron chi connectivity index (χ0n) is 16.3. The zero-order valence-corrected chi connectivity index (χ0v) is 16.3. The molecule has 2 aromatic carbocycles. The van der Waals surface area contributed by atoms with Crippen LogP contribution in [0.3, 0.4) is 0 Å². The summed E-state index contributed by atoms with van der Waals surface area (Å²) in [5.41, 5.74) is 5.50. The van der Waals surface area contributed by atoms with Crippen LogP contribution in [0.15, 0.2) is 71.5 Å². The molecule has 0 saturated carbocycles. The molecule has 0 atom stereocenters. The molecule has 0 aliphatic rings. The molecule has 4 aromatic rings. The van der Waals surface area contributed by atoms with Gasteiger partial charge in [-0.2, -0.15) is 5.10 Å². The molecule has 2 aromatic heterocycles. The van der Waals surface area contributed by atoms with Crippen LogP contribution in [0.2, 0.25) is 0 Å². The van der Waals surface area contributed by atoms with Crippen molar-refractivity contribution in [3.63, 3.8) is 0 Å². The van der Waals surface area contributed by atoms with E-state index in [1.165, 1.54) is 11.6 Å². The predicted molar refractivity (Wildman–Crippen MR) is 114 cm³/mol. The molecule has 6 nitrogen and oxygen atoms in total. The molecule has 0 aliphatic heterocycles. The van der Waals surface area contributed by atoms with Crippen molar-refractivity contribution in [2.24, 2.45) is 0 Å². The molecule has 0 aliphatic carbocycles. The second kappa shape index (κ2) is 8.06. The van der Waals surface area contributed by atoms with Gasteiger partial charge in [-0.25, -0.2) is 15.1 Å². The van der Waals surface area contributed by atoms with Crippen molar-refractivity contribution >= 4 is 11.5 Å². The topological polar surface area (TPSA) is 83.6 Å². The number of aromatic amines is 1. The van der Waals surface area contributed by atoms with Crippen LogP contribution in [-0.2, 0) is 6.42 Å². The highest BCUT2D eigenvalue weighted by Gasteiger charge is 2.12. The molecule has 0 saturated heterocycles. The van der Waals surface area contributed by atoms with Gasteiger partial charge in [-0.15, -0.1) is 0 Å². The molecule has 0 bridgehead atoms. The molecule has 4 rings (SSSR count). The third-order valence-corrected chi connectivity index (χ3v) is 4.65. The summed E-state index contributed by atoms with van der Waals surface area (Å²) in [4.78, 5) is 20.5. The van der Waals surface area contributed by atoms with Crippen LogP contribution in [0.1, 0.15) is 22.6 Å². The summed E-state index contributed by atoms with van der Waals surface area (Å²) < 4.78 is 0. The molecule has 2 heterocycles. The van der Waals surface area contributed by atoms with E-state index in [9.17, 15) is 4.79 Å². The Hall–Kier alpha value is -3.80. The lowest BCUT2D eigenvalue weighted by Gasteiger charge is -2.15. The van der Waals surface area contributed by atoms with Crippen LogP contribution < -0.4 is 10.9 Å². The largest absolute Gasteiger partial charge is 0.340 e. The van der Waals surface area contributed by atoms with E-state index in [2.05, 4.69) is 37.6 Å². The van der Waals surface area contributed by atoms with Crippen LogP contribution in [0.25, 0.3) is 11.3 Å². The lowest BCUT2D eigenvalue weighted by molar-refractivity contribution is 0.965. The number of nitrogens with one attached hydrogen (secondary N) is 2. The van der Waals surface area contributed by atoms with Gasteiger partial charge >= 0.3 is 0 Å². The van der Waals surface area contributed by atoms with Gasteiger partial charge in [0.25, 0.3) is 5.56 Å². The number of nitrogens with zero attached hydrogens (tertiary/aromatic N) is 3. The van der Waals surface area contributed by atoms with Gasteiger partial charge in [-0.3, -0.25) is 4.79 Å². The Kier molecular flexibility index (Phi) is 5.16. The van der Waals surface area contributed by atoms with Crippen LogP contribution >= 0.6 is 0 Å². The first kappa shape index (κ1) is 18.6. The lowest BCUT2D eigenvalue weighted by atomic mass is 10.0. The smallest absolute Gasteiger partial charge is 0.264 e. The number of benzene rings is 2. The van der Waals surface area contributed by atoms with E-state index in [0.717, 1.165) is 40.6 Å². The monoisotopic (exact) mass is 383 g/mol.